The second-order valence-corrected chi connectivity index (χ2v) is 5.81. The lowest BCUT2D eigenvalue weighted by atomic mass is 10.1. The van der Waals surface area contributed by atoms with Crippen molar-refractivity contribution in [1.29, 1.82) is 0 Å². The molecule has 0 bridgehead atoms. The molecule has 0 amide bonds. The maximum absolute atomic E-state index is 5.98. The number of nitrogens with zero attached hydrogens (tertiary/aromatic N) is 3. The largest absolute Gasteiger partial charge is 0.397 e. The van der Waals surface area contributed by atoms with Gasteiger partial charge in [0.1, 0.15) is 0 Å². The molecule has 2 aliphatic heterocycles. The fraction of sp³-hybridized carbons (Fsp3) is 0.667. The van der Waals surface area contributed by atoms with E-state index in [4.69, 9.17) is 5.73 Å². The van der Waals surface area contributed by atoms with Crippen LogP contribution in [0.5, 0.6) is 0 Å². The van der Waals surface area contributed by atoms with Gasteiger partial charge >= 0.3 is 0 Å². The van der Waals surface area contributed by atoms with Crippen molar-refractivity contribution in [2.75, 3.05) is 31.9 Å². The van der Waals surface area contributed by atoms with Crippen molar-refractivity contribution >= 4 is 5.69 Å². The molecule has 19 heavy (non-hydrogen) atoms. The van der Waals surface area contributed by atoms with Crippen molar-refractivity contribution < 1.29 is 0 Å². The molecule has 4 nitrogen and oxygen atoms in total. The summed E-state index contributed by atoms with van der Waals surface area (Å²) in [4.78, 5) is 9.58. The first-order valence-corrected chi connectivity index (χ1v) is 7.49. The van der Waals surface area contributed by atoms with Crippen LogP contribution in [0.15, 0.2) is 18.3 Å². The van der Waals surface area contributed by atoms with Crippen LogP contribution < -0.4 is 5.73 Å². The van der Waals surface area contributed by atoms with Gasteiger partial charge in [0.05, 0.1) is 11.4 Å². The molecular formula is C15H24N4. The second kappa shape index (κ2) is 5.88. The van der Waals surface area contributed by atoms with Crippen molar-refractivity contribution in [3.63, 3.8) is 0 Å². The third-order valence-corrected chi connectivity index (χ3v) is 4.45. The van der Waals surface area contributed by atoms with Gasteiger partial charge in [-0.25, -0.2) is 0 Å². The first kappa shape index (κ1) is 12.9. The lowest BCUT2D eigenvalue weighted by Gasteiger charge is -2.32. The Morgan fingerprint density at radius 3 is 2.84 bits per heavy atom. The zero-order chi connectivity index (χ0) is 13.1. The van der Waals surface area contributed by atoms with E-state index in [9.17, 15) is 0 Å². The van der Waals surface area contributed by atoms with Gasteiger partial charge in [-0.1, -0.05) is 6.42 Å². The third-order valence-electron chi connectivity index (χ3n) is 4.45. The van der Waals surface area contributed by atoms with Crippen LogP contribution in [0.25, 0.3) is 0 Å². The molecule has 0 radical (unpaired) electrons. The molecule has 0 aliphatic carbocycles. The molecule has 1 aromatic rings. The minimum absolute atomic E-state index is 0.755. The summed E-state index contributed by atoms with van der Waals surface area (Å²) in [5.74, 6) is 0. The highest BCUT2D eigenvalue weighted by Crippen LogP contribution is 2.22. The monoisotopic (exact) mass is 260 g/mol. The van der Waals surface area contributed by atoms with Crippen LogP contribution in [-0.4, -0.2) is 47.0 Å². The molecule has 0 aromatic carbocycles. The van der Waals surface area contributed by atoms with Crippen molar-refractivity contribution in [2.24, 2.45) is 0 Å². The predicted octanol–water partition coefficient (Wildman–Crippen LogP) is 1.72. The van der Waals surface area contributed by atoms with E-state index in [0.717, 1.165) is 24.0 Å². The van der Waals surface area contributed by atoms with Crippen LogP contribution in [0.2, 0.25) is 0 Å². The van der Waals surface area contributed by atoms with E-state index in [2.05, 4.69) is 14.8 Å². The molecular weight excluding hydrogens is 236 g/mol. The van der Waals surface area contributed by atoms with Gasteiger partial charge in [-0.15, -0.1) is 0 Å². The number of nitrogen functional groups attached to an aromatic ring is 1. The first-order valence-electron chi connectivity index (χ1n) is 7.49. The molecule has 1 aromatic heterocycles. The van der Waals surface area contributed by atoms with E-state index in [1.165, 1.54) is 51.9 Å². The number of hydrogen-bond acceptors (Lipinski definition) is 4. The number of nitrogens with two attached hydrogens (primary N) is 1. The Balaban J connectivity index is 1.55. The molecule has 1 unspecified atom stereocenters. The molecule has 4 heteroatoms. The number of anilines is 1. The lowest BCUT2D eigenvalue weighted by Crippen LogP contribution is -2.40. The minimum atomic E-state index is 0.755. The first-order chi connectivity index (χ1) is 9.33. The van der Waals surface area contributed by atoms with E-state index in [1.807, 2.05) is 18.3 Å². The van der Waals surface area contributed by atoms with E-state index in [-0.39, 0.29) is 0 Å². The maximum atomic E-state index is 5.98. The van der Waals surface area contributed by atoms with Gasteiger partial charge in [-0.05, 0) is 44.5 Å². The minimum Gasteiger partial charge on any atom is -0.397 e. The van der Waals surface area contributed by atoms with Gasteiger partial charge in [0.2, 0.25) is 0 Å². The fourth-order valence-electron chi connectivity index (χ4n) is 3.33. The van der Waals surface area contributed by atoms with Gasteiger partial charge in [-0.3, -0.25) is 14.8 Å². The fourth-order valence-corrected chi connectivity index (χ4v) is 3.33. The third kappa shape index (κ3) is 3.07. The number of aromatic nitrogens is 1. The summed E-state index contributed by atoms with van der Waals surface area (Å²) in [6.07, 6.45) is 7.31. The average Bonchev–Trinajstić information content (AvgIpc) is 2.91. The van der Waals surface area contributed by atoms with Crippen LogP contribution in [0.3, 0.4) is 0 Å². The molecule has 2 aliphatic rings. The number of piperidine rings is 1. The van der Waals surface area contributed by atoms with Crippen LogP contribution in [0.1, 0.15) is 31.4 Å². The smallest absolute Gasteiger partial charge is 0.0772 e. The van der Waals surface area contributed by atoms with Gasteiger partial charge in [0, 0.05) is 31.9 Å². The molecule has 104 valence electrons. The summed E-state index contributed by atoms with van der Waals surface area (Å²) < 4.78 is 0. The highest BCUT2D eigenvalue weighted by molar-refractivity contribution is 5.41. The van der Waals surface area contributed by atoms with Crippen LogP contribution in [-0.2, 0) is 6.54 Å². The number of likely N-dealkylation sites (tertiary alicyclic amines) is 2. The van der Waals surface area contributed by atoms with Gasteiger partial charge in [0.15, 0.2) is 0 Å². The van der Waals surface area contributed by atoms with Crippen molar-refractivity contribution in [3.8, 4) is 0 Å². The summed E-state index contributed by atoms with van der Waals surface area (Å²) in [5.41, 5.74) is 7.83. The standard InChI is InChI=1S/C15H24N4/c16-14-5-4-7-17-15(14)12-18-10-6-13(11-18)19-8-2-1-3-9-19/h4-5,7,13H,1-3,6,8-12,16H2. The van der Waals surface area contributed by atoms with Crippen LogP contribution in [0.4, 0.5) is 5.69 Å². The summed E-state index contributed by atoms with van der Waals surface area (Å²) >= 11 is 0. The highest BCUT2D eigenvalue weighted by Gasteiger charge is 2.28. The Labute approximate surface area is 115 Å². The lowest BCUT2D eigenvalue weighted by molar-refractivity contribution is 0.161. The molecule has 2 saturated heterocycles. The Morgan fingerprint density at radius 2 is 2.05 bits per heavy atom. The Hall–Kier alpha value is -1.13. The average molecular weight is 260 g/mol. The number of hydrogen-bond donors (Lipinski definition) is 1. The second-order valence-electron chi connectivity index (χ2n) is 5.81. The molecule has 3 rings (SSSR count). The Bertz CT molecular complexity index is 414. The summed E-state index contributed by atoms with van der Waals surface area (Å²) in [5, 5.41) is 0. The van der Waals surface area contributed by atoms with E-state index >= 15 is 0 Å². The van der Waals surface area contributed by atoms with Gasteiger partial charge < -0.3 is 5.73 Å². The molecule has 0 saturated carbocycles. The Kier molecular flexibility index (Phi) is 3.99. The molecule has 2 fully saturated rings. The zero-order valence-electron chi connectivity index (χ0n) is 11.6. The predicted molar refractivity (Wildman–Crippen MR) is 77.8 cm³/mol. The van der Waals surface area contributed by atoms with Crippen LogP contribution >= 0.6 is 0 Å². The van der Waals surface area contributed by atoms with Gasteiger partial charge in [-0.2, -0.15) is 0 Å². The number of rotatable bonds is 3. The molecule has 3 heterocycles. The van der Waals surface area contributed by atoms with Crippen LogP contribution in [0, 0.1) is 0 Å². The topological polar surface area (TPSA) is 45.4 Å². The summed E-state index contributed by atoms with van der Waals surface area (Å²) in [6.45, 7) is 5.85. The molecule has 2 N–H and O–H groups in total. The van der Waals surface area contributed by atoms with Crippen molar-refractivity contribution in [2.45, 2.75) is 38.3 Å². The normalized spacial score (nSPS) is 25.8. The van der Waals surface area contributed by atoms with Gasteiger partial charge in [0.25, 0.3) is 0 Å². The highest BCUT2D eigenvalue weighted by atomic mass is 15.3. The maximum Gasteiger partial charge on any atom is 0.0772 e. The van der Waals surface area contributed by atoms with Crippen molar-refractivity contribution in [3.05, 3.63) is 24.0 Å². The number of pyridine rings is 1. The molecule has 0 spiro atoms. The Morgan fingerprint density at radius 1 is 1.21 bits per heavy atom. The zero-order valence-corrected chi connectivity index (χ0v) is 11.6. The summed E-state index contributed by atoms with van der Waals surface area (Å²) in [6, 6.07) is 4.60. The summed E-state index contributed by atoms with van der Waals surface area (Å²) in [7, 11) is 0. The van der Waals surface area contributed by atoms with Crippen molar-refractivity contribution in [1.82, 2.24) is 14.8 Å². The van der Waals surface area contributed by atoms with E-state index in [1.54, 1.807) is 0 Å². The molecule has 1 atom stereocenters. The van der Waals surface area contributed by atoms with E-state index in [0.29, 0.717) is 0 Å². The van der Waals surface area contributed by atoms with E-state index < -0.39 is 0 Å². The quantitative estimate of drug-likeness (QED) is 0.899. The SMILES string of the molecule is Nc1cccnc1CN1CCC(N2CCCCC2)C1.